The molecule has 3 N–H and O–H groups in total. The van der Waals surface area contributed by atoms with Gasteiger partial charge >= 0.3 is 0 Å². The second kappa shape index (κ2) is 5.25. The number of pyridine rings is 1. The molecule has 0 unspecified atom stereocenters. The highest BCUT2D eigenvalue weighted by molar-refractivity contribution is 6.02. The number of anilines is 1. The van der Waals surface area contributed by atoms with Crippen LogP contribution in [0.2, 0.25) is 0 Å². The van der Waals surface area contributed by atoms with Gasteiger partial charge in [0.2, 0.25) is 0 Å². The summed E-state index contributed by atoms with van der Waals surface area (Å²) in [7, 11) is 1.96. The molecule has 5 nitrogen and oxygen atoms in total. The Morgan fingerprint density at radius 2 is 2.11 bits per heavy atom. The third kappa shape index (κ3) is 3.35. The topological polar surface area (TPSA) is 74.7 Å². The molecule has 0 atom stereocenters. The number of rotatable bonds is 3. The van der Waals surface area contributed by atoms with Gasteiger partial charge in [-0.05, 0) is 24.0 Å². The monoisotopic (exact) mass is 250 g/mol. The number of hydrogen-bond acceptors (Lipinski definition) is 4. The summed E-state index contributed by atoms with van der Waals surface area (Å²) in [6.07, 6.45) is 1.73. The average molecular weight is 250 g/mol. The molecule has 1 aromatic heterocycles. The Kier molecular flexibility index (Phi) is 4.16. The highest BCUT2D eigenvalue weighted by Gasteiger charge is 2.19. The summed E-state index contributed by atoms with van der Waals surface area (Å²) in [4.78, 5) is 6.37. The van der Waals surface area contributed by atoms with Crippen molar-refractivity contribution in [3.63, 3.8) is 0 Å². The van der Waals surface area contributed by atoms with Crippen molar-refractivity contribution in [1.29, 1.82) is 0 Å². The molecule has 0 fully saturated rings. The fraction of sp³-hybridized carbons (Fsp3) is 0.538. The number of nitrogens with zero attached hydrogens (tertiary/aromatic N) is 3. The second-order valence-corrected chi connectivity index (χ2v) is 5.73. The fourth-order valence-corrected chi connectivity index (χ4v) is 1.99. The molecule has 0 aliphatic rings. The zero-order valence-corrected chi connectivity index (χ0v) is 11.7. The number of amidine groups is 1. The van der Waals surface area contributed by atoms with Crippen LogP contribution < -0.4 is 10.6 Å². The van der Waals surface area contributed by atoms with Crippen molar-refractivity contribution in [1.82, 2.24) is 4.98 Å². The fourth-order valence-electron chi connectivity index (χ4n) is 1.99. The molecule has 1 aromatic rings. The third-order valence-electron chi connectivity index (χ3n) is 2.58. The number of nitrogens with two attached hydrogens (primary N) is 1. The third-order valence-corrected chi connectivity index (χ3v) is 2.58. The first-order chi connectivity index (χ1) is 8.26. The SMILES string of the molecule is Cc1ccnc(N(C)CC(C)(C)C)c1/C(N)=N/O. The van der Waals surface area contributed by atoms with Crippen LogP contribution in [0.1, 0.15) is 31.9 Å². The Labute approximate surface area is 108 Å². The summed E-state index contributed by atoms with van der Waals surface area (Å²) in [5.41, 5.74) is 7.50. The molecule has 0 aliphatic heterocycles. The average Bonchev–Trinajstić information content (AvgIpc) is 2.25. The van der Waals surface area contributed by atoms with E-state index in [0.717, 1.165) is 17.9 Å². The number of aromatic nitrogens is 1. The van der Waals surface area contributed by atoms with Crippen molar-refractivity contribution in [2.45, 2.75) is 27.7 Å². The largest absolute Gasteiger partial charge is 0.409 e. The normalized spacial score (nSPS) is 12.6. The smallest absolute Gasteiger partial charge is 0.174 e. The molecule has 0 aromatic carbocycles. The van der Waals surface area contributed by atoms with Crippen molar-refractivity contribution >= 4 is 11.7 Å². The van der Waals surface area contributed by atoms with Crippen LogP contribution in [0.15, 0.2) is 17.4 Å². The standard InChI is InChI=1S/C13H22N4O/c1-9-6-7-15-12(10(9)11(14)16-18)17(5)8-13(2,3)4/h6-7,18H,8H2,1-5H3,(H2,14,16). The van der Waals surface area contributed by atoms with E-state index in [2.05, 4.69) is 30.9 Å². The molecular formula is C13H22N4O. The first kappa shape index (κ1) is 14.3. The predicted octanol–water partition coefficient (Wildman–Crippen LogP) is 1.97. The van der Waals surface area contributed by atoms with Crippen molar-refractivity contribution in [2.75, 3.05) is 18.5 Å². The van der Waals surface area contributed by atoms with Crippen LogP contribution in [0, 0.1) is 12.3 Å². The highest BCUT2D eigenvalue weighted by Crippen LogP contribution is 2.23. The minimum Gasteiger partial charge on any atom is -0.409 e. The molecular weight excluding hydrogens is 228 g/mol. The van der Waals surface area contributed by atoms with E-state index < -0.39 is 0 Å². The van der Waals surface area contributed by atoms with Crippen molar-refractivity contribution < 1.29 is 5.21 Å². The number of oxime groups is 1. The van der Waals surface area contributed by atoms with Crippen molar-refractivity contribution in [2.24, 2.45) is 16.3 Å². The molecule has 0 amide bonds. The summed E-state index contributed by atoms with van der Waals surface area (Å²) >= 11 is 0. The summed E-state index contributed by atoms with van der Waals surface area (Å²) in [6.45, 7) is 9.21. The van der Waals surface area contributed by atoms with Crippen LogP contribution in [-0.4, -0.2) is 29.6 Å². The Bertz CT molecular complexity index is 449. The molecule has 100 valence electrons. The van der Waals surface area contributed by atoms with E-state index in [4.69, 9.17) is 10.9 Å². The Balaban J connectivity index is 3.20. The summed E-state index contributed by atoms with van der Waals surface area (Å²) in [5, 5.41) is 12.0. The molecule has 0 spiro atoms. The summed E-state index contributed by atoms with van der Waals surface area (Å²) < 4.78 is 0. The van der Waals surface area contributed by atoms with Crippen LogP contribution in [0.5, 0.6) is 0 Å². The lowest BCUT2D eigenvalue weighted by molar-refractivity contribution is 0.318. The Morgan fingerprint density at radius 1 is 1.50 bits per heavy atom. The first-order valence-electron chi connectivity index (χ1n) is 5.91. The molecule has 0 bridgehead atoms. The minimum absolute atomic E-state index is 0.0939. The van der Waals surface area contributed by atoms with Gasteiger partial charge in [-0.1, -0.05) is 25.9 Å². The minimum atomic E-state index is 0.0939. The second-order valence-electron chi connectivity index (χ2n) is 5.73. The van der Waals surface area contributed by atoms with E-state index in [1.54, 1.807) is 6.20 Å². The van der Waals surface area contributed by atoms with Gasteiger partial charge in [-0.3, -0.25) is 0 Å². The van der Waals surface area contributed by atoms with Gasteiger partial charge in [0.25, 0.3) is 0 Å². The first-order valence-corrected chi connectivity index (χ1v) is 5.91. The van der Waals surface area contributed by atoms with Crippen LogP contribution in [0.3, 0.4) is 0 Å². The molecule has 0 aliphatic carbocycles. The molecule has 1 rings (SSSR count). The molecule has 18 heavy (non-hydrogen) atoms. The lowest BCUT2D eigenvalue weighted by Crippen LogP contribution is -2.32. The summed E-state index contributed by atoms with van der Waals surface area (Å²) in [5.74, 6) is 0.830. The summed E-state index contributed by atoms with van der Waals surface area (Å²) in [6, 6.07) is 1.85. The van der Waals surface area contributed by atoms with Gasteiger partial charge in [0.15, 0.2) is 5.84 Å². The van der Waals surface area contributed by atoms with Crippen LogP contribution >= 0.6 is 0 Å². The van der Waals surface area contributed by atoms with E-state index in [0.29, 0.717) is 5.56 Å². The van der Waals surface area contributed by atoms with Gasteiger partial charge < -0.3 is 15.8 Å². The molecule has 0 saturated carbocycles. The van der Waals surface area contributed by atoms with Crippen molar-refractivity contribution in [3.05, 3.63) is 23.4 Å². The highest BCUT2D eigenvalue weighted by atomic mass is 16.4. The number of aryl methyl sites for hydroxylation is 1. The zero-order valence-electron chi connectivity index (χ0n) is 11.7. The van der Waals surface area contributed by atoms with Crippen LogP contribution in [0.25, 0.3) is 0 Å². The lowest BCUT2D eigenvalue weighted by atomic mass is 9.96. The lowest BCUT2D eigenvalue weighted by Gasteiger charge is -2.29. The molecule has 0 saturated heterocycles. The van der Waals surface area contributed by atoms with E-state index in [1.165, 1.54) is 0 Å². The van der Waals surface area contributed by atoms with E-state index >= 15 is 0 Å². The maximum Gasteiger partial charge on any atom is 0.174 e. The van der Waals surface area contributed by atoms with Crippen molar-refractivity contribution in [3.8, 4) is 0 Å². The Morgan fingerprint density at radius 3 is 2.61 bits per heavy atom. The van der Waals surface area contributed by atoms with Gasteiger partial charge in [-0.15, -0.1) is 0 Å². The van der Waals surface area contributed by atoms with Gasteiger partial charge in [0.1, 0.15) is 5.82 Å². The Hall–Kier alpha value is -1.78. The number of hydrogen-bond donors (Lipinski definition) is 2. The van der Waals surface area contributed by atoms with E-state index in [9.17, 15) is 0 Å². The van der Waals surface area contributed by atoms with E-state index in [1.807, 2.05) is 24.9 Å². The predicted molar refractivity (Wildman–Crippen MR) is 74.2 cm³/mol. The van der Waals surface area contributed by atoms with Gasteiger partial charge in [0, 0.05) is 19.8 Å². The van der Waals surface area contributed by atoms with Gasteiger partial charge in [0.05, 0.1) is 5.56 Å². The molecule has 5 heteroatoms. The maximum atomic E-state index is 8.87. The zero-order chi connectivity index (χ0) is 13.9. The molecule has 1 heterocycles. The van der Waals surface area contributed by atoms with Crippen LogP contribution in [0.4, 0.5) is 5.82 Å². The van der Waals surface area contributed by atoms with Gasteiger partial charge in [-0.25, -0.2) is 4.98 Å². The molecule has 0 radical (unpaired) electrons. The quantitative estimate of drug-likeness (QED) is 0.372. The van der Waals surface area contributed by atoms with E-state index in [-0.39, 0.29) is 11.3 Å². The van der Waals surface area contributed by atoms with Crippen LogP contribution in [-0.2, 0) is 0 Å². The van der Waals surface area contributed by atoms with Gasteiger partial charge in [-0.2, -0.15) is 0 Å². The maximum absolute atomic E-state index is 8.87.